The summed E-state index contributed by atoms with van der Waals surface area (Å²) in [6.07, 6.45) is 0.292. The highest BCUT2D eigenvalue weighted by molar-refractivity contribution is 7.89. The fraction of sp³-hybridized carbons (Fsp3) is 0.350. The zero-order valence-corrected chi connectivity index (χ0v) is 17.0. The number of hydrogen-bond donors (Lipinski definition) is 1. The molecule has 8 nitrogen and oxygen atoms in total. The number of hydrogen-bond acceptors (Lipinski definition) is 7. The largest absolute Gasteiger partial charge is 0.487 e. The molecule has 2 aromatic carbocycles. The highest BCUT2D eigenvalue weighted by Crippen LogP contribution is 2.32. The molecule has 0 unspecified atom stereocenters. The topological polar surface area (TPSA) is 100 Å². The Labute approximate surface area is 173 Å². The van der Waals surface area contributed by atoms with Crippen molar-refractivity contribution in [2.45, 2.75) is 17.7 Å². The lowest BCUT2D eigenvalue weighted by Gasteiger charge is -2.18. The molecular weight excluding hydrogens is 417 g/mol. The van der Waals surface area contributed by atoms with Gasteiger partial charge in [-0.1, -0.05) is 12.1 Å². The minimum absolute atomic E-state index is 0.0173. The van der Waals surface area contributed by atoms with Gasteiger partial charge in [0, 0.05) is 19.0 Å². The Bertz CT molecular complexity index is 981. The van der Waals surface area contributed by atoms with Gasteiger partial charge in [-0.25, -0.2) is 17.5 Å². The van der Waals surface area contributed by atoms with Crippen LogP contribution in [0.3, 0.4) is 0 Å². The van der Waals surface area contributed by atoms with Crippen molar-refractivity contribution in [3.05, 3.63) is 48.3 Å². The molecule has 0 saturated carbocycles. The van der Waals surface area contributed by atoms with E-state index in [0.29, 0.717) is 24.7 Å². The predicted octanol–water partition coefficient (Wildman–Crippen LogP) is 2.28. The van der Waals surface area contributed by atoms with Crippen molar-refractivity contribution in [2.75, 3.05) is 33.0 Å². The van der Waals surface area contributed by atoms with E-state index in [0.717, 1.165) is 0 Å². The van der Waals surface area contributed by atoms with Crippen molar-refractivity contribution in [1.29, 1.82) is 0 Å². The monoisotopic (exact) mass is 439 g/mol. The standard InChI is InChI=1S/C20H22FNO7S/c21-16-4-1-2-5-17(16)26-12-13-29-20(23)6-3-9-22-30(24,25)15-7-8-18-19(14-15)28-11-10-27-18/h1-2,4-5,7-8,14,22H,3,6,9-13H2. The second-order valence-corrected chi connectivity index (χ2v) is 8.07. The van der Waals surface area contributed by atoms with Crippen LogP contribution in [0, 0.1) is 5.82 Å². The average Bonchev–Trinajstić information content (AvgIpc) is 2.75. The molecule has 1 N–H and O–H groups in total. The van der Waals surface area contributed by atoms with E-state index in [1.165, 1.54) is 24.3 Å². The summed E-state index contributed by atoms with van der Waals surface area (Å²) in [5.74, 6) is -0.0193. The summed E-state index contributed by atoms with van der Waals surface area (Å²) in [5.41, 5.74) is 0. The third-order valence-electron chi connectivity index (χ3n) is 4.11. The maximum absolute atomic E-state index is 13.4. The van der Waals surface area contributed by atoms with Gasteiger partial charge in [0.25, 0.3) is 0 Å². The van der Waals surface area contributed by atoms with Gasteiger partial charge in [0.1, 0.15) is 26.4 Å². The van der Waals surface area contributed by atoms with Crippen LogP contribution in [0.4, 0.5) is 4.39 Å². The lowest BCUT2D eigenvalue weighted by molar-refractivity contribution is -0.144. The van der Waals surface area contributed by atoms with Crippen molar-refractivity contribution in [2.24, 2.45) is 0 Å². The van der Waals surface area contributed by atoms with Crippen LogP contribution in [0.1, 0.15) is 12.8 Å². The highest BCUT2D eigenvalue weighted by atomic mass is 32.2. The highest BCUT2D eigenvalue weighted by Gasteiger charge is 2.19. The molecule has 0 atom stereocenters. The van der Waals surface area contributed by atoms with Crippen LogP contribution >= 0.6 is 0 Å². The number of carbonyl (C=O) groups excluding carboxylic acids is 1. The smallest absolute Gasteiger partial charge is 0.305 e. The first-order valence-corrected chi connectivity index (χ1v) is 10.9. The molecule has 0 bridgehead atoms. The average molecular weight is 439 g/mol. The molecule has 1 heterocycles. The molecule has 0 spiro atoms. The number of halogens is 1. The minimum Gasteiger partial charge on any atom is -0.487 e. The Balaban J connectivity index is 1.35. The molecule has 0 aliphatic carbocycles. The van der Waals surface area contributed by atoms with Crippen LogP contribution in [0.5, 0.6) is 17.2 Å². The van der Waals surface area contributed by atoms with Crippen LogP contribution in [-0.2, 0) is 19.6 Å². The third kappa shape index (κ3) is 6.07. The normalized spacial score (nSPS) is 13.0. The van der Waals surface area contributed by atoms with Gasteiger partial charge in [0.2, 0.25) is 10.0 Å². The fourth-order valence-corrected chi connectivity index (χ4v) is 3.74. The van der Waals surface area contributed by atoms with E-state index in [-0.39, 0.29) is 43.2 Å². The molecule has 0 saturated heterocycles. The van der Waals surface area contributed by atoms with Gasteiger partial charge in [-0.05, 0) is 30.7 Å². The van der Waals surface area contributed by atoms with Crippen LogP contribution in [0.2, 0.25) is 0 Å². The number of benzene rings is 2. The number of nitrogens with one attached hydrogen (secondary N) is 1. The molecule has 10 heteroatoms. The first-order chi connectivity index (χ1) is 14.5. The van der Waals surface area contributed by atoms with Crippen LogP contribution in [0.15, 0.2) is 47.4 Å². The summed E-state index contributed by atoms with van der Waals surface area (Å²) in [4.78, 5) is 11.8. The number of para-hydroxylation sites is 1. The van der Waals surface area contributed by atoms with Crippen molar-refractivity contribution in [3.8, 4) is 17.2 Å². The molecule has 1 aliphatic heterocycles. The first-order valence-electron chi connectivity index (χ1n) is 9.38. The van der Waals surface area contributed by atoms with Crippen molar-refractivity contribution in [1.82, 2.24) is 4.72 Å². The van der Waals surface area contributed by atoms with Gasteiger partial charge >= 0.3 is 5.97 Å². The van der Waals surface area contributed by atoms with Crippen molar-refractivity contribution < 1.29 is 36.6 Å². The van der Waals surface area contributed by atoms with E-state index in [2.05, 4.69) is 4.72 Å². The number of ether oxygens (including phenoxy) is 4. The van der Waals surface area contributed by atoms with E-state index < -0.39 is 21.8 Å². The van der Waals surface area contributed by atoms with Crippen LogP contribution < -0.4 is 18.9 Å². The summed E-state index contributed by atoms with van der Waals surface area (Å²) in [6, 6.07) is 10.3. The van der Waals surface area contributed by atoms with Crippen molar-refractivity contribution >= 4 is 16.0 Å². The van der Waals surface area contributed by atoms with Gasteiger partial charge in [-0.2, -0.15) is 0 Å². The van der Waals surface area contributed by atoms with E-state index in [9.17, 15) is 17.6 Å². The zero-order chi connectivity index (χ0) is 21.4. The number of carbonyl (C=O) groups is 1. The maximum atomic E-state index is 13.4. The predicted molar refractivity (Wildman–Crippen MR) is 105 cm³/mol. The molecule has 0 aromatic heterocycles. The quantitative estimate of drug-likeness (QED) is 0.448. The summed E-state index contributed by atoms with van der Waals surface area (Å²) < 4.78 is 61.5. The van der Waals surface area contributed by atoms with Gasteiger partial charge in [-0.15, -0.1) is 0 Å². The number of sulfonamides is 1. The molecule has 0 amide bonds. The Morgan fingerprint density at radius 3 is 2.63 bits per heavy atom. The first kappa shape index (κ1) is 21.8. The Kier molecular flexibility index (Phi) is 7.47. The van der Waals surface area contributed by atoms with Crippen molar-refractivity contribution in [3.63, 3.8) is 0 Å². The maximum Gasteiger partial charge on any atom is 0.305 e. The molecular formula is C20H22FNO7S. The fourth-order valence-electron chi connectivity index (χ4n) is 2.65. The van der Waals surface area contributed by atoms with E-state index in [1.54, 1.807) is 18.2 Å². The van der Waals surface area contributed by atoms with Gasteiger partial charge in [0.15, 0.2) is 23.1 Å². The molecule has 3 rings (SSSR count). The van der Waals surface area contributed by atoms with Gasteiger partial charge < -0.3 is 18.9 Å². The third-order valence-corrected chi connectivity index (χ3v) is 5.57. The van der Waals surface area contributed by atoms with Gasteiger partial charge in [-0.3, -0.25) is 4.79 Å². The summed E-state index contributed by atoms with van der Waals surface area (Å²) in [7, 11) is -3.74. The number of esters is 1. The number of rotatable bonds is 10. The van der Waals surface area contributed by atoms with E-state index >= 15 is 0 Å². The summed E-state index contributed by atoms with van der Waals surface area (Å²) in [6.45, 7) is 0.831. The van der Waals surface area contributed by atoms with Gasteiger partial charge in [0.05, 0.1) is 4.90 Å². The SMILES string of the molecule is O=C(CCCNS(=O)(=O)c1ccc2c(c1)OCCO2)OCCOc1ccccc1F. The van der Waals surface area contributed by atoms with E-state index in [4.69, 9.17) is 18.9 Å². The molecule has 1 aliphatic rings. The lowest BCUT2D eigenvalue weighted by Crippen LogP contribution is -2.26. The molecule has 30 heavy (non-hydrogen) atoms. The Morgan fingerprint density at radius 1 is 1.07 bits per heavy atom. The van der Waals surface area contributed by atoms with Crippen LogP contribution in [0.25, 0.3) is 0 Å². The lowest BCUT2D eigenvalue weighted by atomic mass is 10.3. The molecule has 0 fully saturated rings. The molecule has 2 aromatic rings. The summed E-state index contributed by atoms with van der Waals surface area (Å²) >= 11 is 0. The Morgan fingerprint density at radius 2 is 1.83 bits per heavy atom. The second-order valence-electron chi connectivity index (χ2n) is 6.31. The number of fused-ring (bicyclic) bond motifs is 1. The van der Waals surface area contributed by atoms with E-state index in [1.807, 2.05) is 0 Å². The minimum atomic E-state index is -3.74. The summed E-state index contributed by atoms with van der Waals surface area (Å²) in [5, 5.41) is 0. The van der Waals surface area contributed by atoms with Crippen LogP contribution in [-0.4, -0.2) is 47.4 Å². The second kappa shape index (κ2) is 10.3. The molecule has 0 radical (unpaired) electrons. The molecule has 162 valence electrons. The Hall–Kier alpha value is -2.85. The zero-order valence-electron chi connectivity index (χ0n) is 16.1.